The molecular formula is C15H24N2O2S. The van der Waals surface area contributed by atoms with E-state index in [1.54, 1.807) is 0 Å². The maximum atomic E-state index is 12.1. The Morgan fingerprint density at radius 3 is 2.70 bits per heavy atom. The van der Waals surface area contributed by atoms with Crippen molar-refractivity contribution in [1.29, 1.82) is 0 Å². The second-order valence-electron chi connectivity index (χ2n) is 5.52. The van der Waals surface area contributed by atoms with Gasteiger partial charge in [-0.2, -0.15) is 0 Å². The molecular weight excluding hydrogens is 272 g/mol. The molecule has 1 heterocycles. The van der Waals surface area contributed by atoms with Gasteiger partial charge < -0.3 is 5.32 Å². The van der Waals surface area contributed by atoms with Gasteiger partial charge in [-0.15, -0.1) is 0 Å². The molecule has 1 fully saturated rings. The summed E-state index contributed by atoms with van der Waals surface area (Å²) in [6, 6.07) is 9.94. The third-order valence-corrected chi connectivity index (χ3v) is 5.29. The van der Waals surface area contributed by atoms with E-state index in [9.17, 15) is 8.42 Å². The molecule has 1 aliphatic rings. The van der Waals surface area contributed by atoms with Crippen molar-refractivity contribution in [2.24, 2.45) is 0 Å². The Bertz CT molecular complexity index is 496. The van der Waals surface area contributed by atoms with E-state index < -0.39 is 10.0 Å². The summed E-state index contributed by atoms with van der Waals surface area (Å²) in [6.45, 7) is 2.93. The van der Waals surface area contributed by atoms with Crippen molar-refractivity contribution in [1.82, 2.24) is 10.0 Å². The second kappa shape index (κ2) is 7.20. The van der Waals surface area contributed by atoms with Crippen molar-refractivity contribution < 1.29 is 8.42 Å². The van der Waals surface area contributed by atoms with Gasteiger partial charge in [-0.1, -0.05) is 36.8 Å². The number of nitrogens with one attached hydrogen (secondary N) is 2. The molecule has 0 spiro atoms. The summed E-state index contributed by atoms with van der Waals surface area (Å²) >= 11 is 0. The molecule has 1 aromatic carbocycles. The third kappa shape index (κ3) is 4.89. The van der Waals surface area contributed by atoms with Crippen LogP contribution in [0.15, 0.2) is 30.3 Å². The van der Waals surface area contributed by atoms with Gasteiger partial charge in [-0.05, 0) is 38.3 Å². The van der Waals surface area contributed by atoms with Crippen LogP contribution >= 0.6 is 0 Å². The highest BCUT2D eigenvalue weighted by Crippen LogP contribution is 2.11. The highest BCUT2D eigenvalue weighted by Gasteiger charge is 2.23. The van der Waals surface area contributed by atoms with Gasteiger partial charge in [-0.3, -0.25) is 0 Å². The summed E-state index contributed by atoms with van der Waals surface area (Å²) in [6.07, 6.45) is 3.96. The average Bonchev–Trinajstić information content (AvgIpc) is 2.47. The monoisotopic (exact) mass is 296 g/mol. The van der Waals surface area contributed by atoms with E-state index in [0.29, 0.717) is 6.42 Å². The zero-order valence-corrected chi connectivity index (χ0v) is 12.8. The molecule has 20 heavy (non-hydrogen) atoms. The largest absolute Gasteiger partial charge is 0.312 e. The number of hydrogen-bond acceptors (Lipinski definition) is 3. The number of rotatable bonds is 6. The minimum atomic E-state index is -3.22. The molecule has 2 rings (SSSR count). The van der Waals surface area contributed by atoms with Gasteiger partial charge >= 0.3 is 0 Å². The maximum Gasteiger partial charge on any atom is 0.212 e. The fraction of sp³-hybridized carbons (Fsp3) is 0.600. The number of benzene rings is 1. The molecule has 1 aromatic rings. The molecule has 1 saturated heterocycles. The van der Waals surface area contributed by atoms with Crippen molar-refractivity contribution >= 4 is 10.0 Å². The van der Waals surface area contributed by atoms with Gasteiger partial charge in [0, 0.05) is 12.1 Å². The van der Waals surface area contributed by atoms with Crippen molar-refractivity contribution in [2.45, 2.75) is 44.7 Å². The molecule has 4 nitrogen and oxygen atoms in total. The molecule has 0 saturated carbocycles. The van der Waals surface area contributed by atoms with Gasteiger partial charge in [0.25, 0.3) is 0 Å². The Kier molecular flexibility index (Phi) is 5.57. The molecule has 0 aliphatic carbocycles. The molecule has 2 atom stereocenters. The number of sulfonamides is 1. The lowest BCUT2D eigenvalue weighted by atomic mass is 10.00. The zero-order valence-electron chi connectivity index (χ0n) is 12.0. The Balaban J connectivity index is 1.83. The molecule has 1 aliphatic heterocycles. The van der Waals surface area contributed by atoms with Gasteiger partial charge in [0.1, 0.15) is 0 Å². The molecule has 2 N–H and O–H groups in total. The number of piperidine rings is 1. The molecule has 2 unspecified atom stereocenters. The molecule has 0 aromatic heterocycles. The fourth-order valence-electron chi connectivity index (χ4n) is 2.63. The predicted octanol–water partition coefficient (Wildman–Crippen LogP) is 1.68. The maximum absolute atomic E-state index is 12.1. The highest BCUT2D eigenvalue weighted by molar-refractivity contribution is 7.89. The first-order valence-corrected chi connectivity index (χ1v) is 8.99. The van der Waals surface area contributed by atoms with Crippen LogP contribution in [0.4, 0.5) is 0 Å². The summed E-state index contributed by atoms with van der Waals surface area (Å²) in [4.78, 5) is 0. The number of aryl methyl sites for hydroxylation is 1. The minimum absolute atomic E-state index is 0.0453. The first-order valence-electron chi connectivity index (χ1n) is 7.34. The van der Waals surface area contributed by atoms with E-state index in [4.69, 9.17) is 0 Å². The summed E-state index contributed by atoms with van der Waals surface area (Å²) in [5, 5.41) is 3.39. The van der Waals surface area contributed by atoms with E-state index in [2.05, 4.69) is 10.0 Å². The van der Waals surface area contributed by atoms with Gasteiger partial charge in [-0.25, -0.2) is 13.1 Å². The smallest absolute Gasteiger partial charge is 0.212 e. The van der Waals surface area contributed by atoms with Crippen LogP contribution < -0.4 is 10.0 Å². The van der Waals surface area contributed by atoms with Crippen molar-refractivity contribution in [2.75, 3.05) is 12.3 Å². The fourth-order valence-corrected chi connectivity index (χ4v) is 3.98. The summed E-state index contributed by atoms with van der Waals surface area (Å²) in [5.41, 5.74) is 1.06. The van der Waals surface area contributed by atoms with Crippen molar-refractivity contribution in [3.63, 3.8) is 0 Å². The minimum Gasteiger partial charge on any atom is -0.312 e. The lowest BCUT2D eigenvalue weighted by molar-refractivity contribution is 0.347. The zero-order chi connectivity index (χ0) is 14.4. The predicted molar refractivity (Wildman–Crippen MR) is 82.2 cm³/mol. The Hall–Kier alpha value is -0.910. The van der Waals surface area contributed by atoms with Crippen LogP contribution in [0.5, 0.6) is 0 Å². The van der Waals surface area contributed by atoms with E-state index in [0.717, 1.165) is 18.5 Å². The van der Waals surface area contributed by atoms with E-state index in [-0.39, 0.29) is 17.8 Å². The molecule has 0 amide bonds. The van der Waals surface area contributed by atoms with Crippen molar-refractivity contribution in [3.05, 3.63) is 35.9 Å². The Labute approximate surface area is 122 Å². The van der Waals surface area contributed by atoms with Gasteiger partial charge in [0.05, 0.1) is 5.75 Å². The topological polar surface area (TPSA) is 58.2 Å². The average molecular weight is 296 g/mol. The lowest BCUT2D eigenvalue weighted by Gasteiger charge is -2.29. The normalized spacial score (nSPS) is 21.6. The van der Waals surface area contributed by atoms with Crippen LogP contribution in [0.25, 0.3) is 0 Å². The van der Waals surface area contributed by atoms with Crippen LogP contribution in [0.1, 0.15) is 31.7 Å². The summed E-state index contributed by atoms with van der Waals surface area (Å²) < 4.78 is 27.0. The summed E-state index contributed by atoms with van der Waals surface area (Å²) in [5.74, 6) is 0.147. The quantitative estimate of drug-likeness (QED) is 0.840. The Morgan fingerprint density at radius 2 is 2.05 bits per heavy atom. The van der Waals surface area contributed by atoms with E-state index >= 15 is 0 Å². The standard InChI is InChI=1S/C15H24N2O2S/c1-13(15-9-5-6-11-16-15)17-20(18,19)12-10-14-7-3-2-4-8-14/h2-4,7-8,13,15-17H,5-6,9-12H2,1H3. The highest BCUT2D eigenvalue weighted by atomic mass is 32.2. The summed E-state index contributed by atoms with van der Waals surface area (Å²) in [7, 11) is -3.22. The van der Waals surface area contributed by atoms with E-state index in [1.165, 1.54) is 12.8 Å². The number of hydrogen-bond donors (Lipinski definition) is 2. The first-order chi connectivity index (χ1) is 9.57. The Morgan fingerprint density at radius 1 is 1.30 bits per heavy atom. The lowest BCUT2D eigenvalue weighted by Crippen LogP contribution is -2.50. The first kappa shape index (κ1) is 15.5. The SMILES string of the molecule is CC(NS(=O)(=O)CCc1ccccc1)C1CCCCN1. The van der Waals surface area contributed by atoms with Gasteiger partial charge in [0.15, 0.2) is 0 Å². The molecule has 0 radical (unpaired) electrons. The molecule has 112 valence electrons. The van der Waals surface area contributed by atoms with Crippen molar-refractivity contribution in [3.8, 4) is 0 Å². The van der Waals surface area contributed by atoms with Crippen LogP contribution in [-0.4, -0.2) is 32.8 Å². The van der Waals surface area contributed by atoms with Gasteiger partial charge in [0.2, 0.25) is 10.0 Å². The van der Waals surface area contributed by atoms with Crippen LogP contribution in [-0.2, 0) is 16.4 Å². The second-order valence-corrected chi connectivity index (χ2v) is 7.39. The van der Waals surface area contributed by atoms with Crippen LogP contribution in [0.2, 0.25) is 0 Å². The van der Waals surface area contributed by atoms with Crippen LogP contribution in [0, 0.1) is 0 Å². The third-order valence-electron chi connectivity index (χ3n) is 3.82. The molecule has 5 heteroatoms. The molecule has 0 bridgehead atoms. The van der Waals surface area contributed by atoms with E-state index in [1.807, 2.05) is 37.3 Å². The van der Waals surface area contributed by atoms with Crippen LogP contribution in [0.3, 0.4) is 0 Å².